The summed E-state index contributed by atoms with van der Waals surface area (Å²) in [6.45, 7) is 4.24. The van der Waals surface area contributed by atoms with E-state index in [4.69, 9.17) is 4.74 Å². The van der Waals surface area contributed by atoms with Gasteiger partial charge in [0.15, 0.2) is 0 Å². The maximum atomic E-state index is 10.8. The zero-order chi connectivity index (χ0) is 16.3. The molecule has 2 rings (SSSR count). The third-order valence-electron chi connectivity index (χ3n) is 3.33. The Morgan fingerprint density at radius 2 is 2.27 bits per heavy atom. The Morgan fingerprint density at radius 1 is 1.55 bits per heavy atom. The highest BCUT2D eigenvalue weighted by Crippen LogP contribution is 2.24. The van der Waals surface area contributed by atoms with Gasteiger partial charge in [-0.3, -0.25) is 10.1 Å². The number of aromatic nitrogens is 2. The number of hydrogen-bond acceptors (Lipinski definition) is 7. The smallest absolute Gasteiger partial charge is 0.290 e. The lowest BCUT2D eigenvalue weighted by molar-refractivity contribution is -0.385. The molecule has 2 aromatic rings. The highest BCUT2D eigenvalue weighted by molar-refractivity contribution is 7.09. The van der Waals surface area contributed by atoms with E-state index >= 15 is 0 Å². The average molecular weight is 322 g/mol. The molecule has 0 aliphatic rings. The van der Waals surface area contributed by atoms with Crippen LogP contribution < -0.4 is 4.90 Å². The normalized spacial score (nSPS) is 12.2. The van der Waals surface area contributed by atoms with Crippen LogP contribution in [0, 0.1) is 17.0 Å². The first-order valence-electron chi connectivity index (χ1n) is 6.71. The molecule has 0 radical (unpaired) electrons. The lowest BCUT2D eigenvalue weighted by Crippen LogP contribution is -2.18. The summed E-state index contributed by atoms with van der Waals surface area (Å²) >= 11 is 1.56. The average Bonchev–Trinajstić information content (AvgIpc) is 2.94. The van der Waals surface area contributed by atoms with E-state index in [1.165, 1.54) is 6.20 Å². The summed E-state index contributed by atoms with van der Waals surface area (Å²) in [7, 11) is 3.54. The number of nitrogens with zero attached hydrogens (tertiary/aromatic N) is 4. The second-order valence-electron chi connectivity index (χ2n) is 5.00. The van der Waals surface area contributed by atoms with Gasteiger partial charge in [0, 0.05) is 25.1 Å². The molecule has 0 fully saturated rings. The van der Waals surface area contributed by atoms with E-state index in [9.17, 15) is 10.1 Å². The molecule has 22 heavy (non-hydrogen) atoms. The van der Waals surface area contributed by atoms with Gasteiger partial charge in [0.2, 0.25) is 0 Å². The van der Waals surface area contributed by atoms with Crippen molar-refractivity contribution in [3.63, 3.8) is 0 Å². The van der Waals surface area contributed by atoms with Crippen LogP contribution in [-0.2, 0) is 11.3 Å². The summed E-state index contributed by atoms with van der Waals surface area (Å²) in [5.41, 5.74) is 1.54. The number of rotatable bonds is 6. The molecule has 0 saturated carbocycles. The van der Waals surface area contributed by atoms with Crippen LogP contribution in [-0.4, -0.2) is 29.0 Å². The molecule has 8 heteroatoms. The molecule has 0 aromatic carbocycles. The molecule has 0 aliphatic carbocycles. The molecule has 1 atom stereocenters. The fourth-order valence-electron chi connectivity index (χ4n) is 1.94. The van der Waals surface area contributed by atoms with Crippen LogP contribution in [0.4, 0.5) is 11.5 Å². The Balaban J connectivity index is 2.12. The van der Waals surface area contributed by atoms with Crippen LogP contribution >= 0.6 is 11.3 Å². The quantitative estimate of drug-likeness (QED) is 0.600. The molecule has 1 unspecified atom stereocenters. The lowest BCUT2D eigenvalue weighted by atomic mass is 10.2. The fraction of sp³-hybridized carbons (Fsp3) is 0.429. The summed E-state index contributed by atoms with van der Waals surface area (Å²) < 4.78 is 5.25. The van der Waals surface area contributed by atoms with Crippen LogP contribution in [0.1, 0.15) is 29.3 Å². The molecule has 0 saturated heterocycles. The standard InChI is InChI=1S/C14H18N4O3S/c1-9-5-13(15-6-12(9)18(19)20)17(3)7-11-8-22-14(16-11)10(2)21-4/h5-6,8,10H,7H2,1-4H3. The van der Waals surface area contributed by atoms with Crippen LogP contribution in [0.15, 0.2) is 17.6 Å². The van der Waals surface area contributed by atoms with Gasteiger partial charge in [0.1, 0.15) is 23.1 Å². The summed E-state index contributed by atoms with van der Waals surface area (Å²) in [6, 6.07) is 1.71. The number of methoxy groups -OCH3 is 1. The van der Waals surface area contributed by atoms with Crippen LogP contribution in [0.2, 0.25) is 0 Å². The number of hydrogen-bond donors (Lipinski definition) is 0. The molecule has 0 spiro atoms. The van der Waals surface area contributed by atoms with Crippen LogP contribution in [0.25, 0.3) is 0 Å². The van der Waals surface area contributed by atoms with Crippen molar-refractivity contribution in [3.05, 3.63) is 44.0 Å². The zero-order valence-electron chi connectivity index (χ0n) is 12.9. The Labute approximate surface area is 132 Å². The number of aryl methyl sites for hydroxylation is 1. The third-order valence-corrected chi connectivity index (χ3v) is 4.38. The monoisotopic (exact) mass is 322 g/mol. The minimum atomic E-state index is -0.426. The summed E-state index contributed by atoms with van der Waals surface area (Å²) in [5.74, 6) is 0.678. The molecule has 0 amide bonds. The third kappa shape index (κ3) is 3.58. The van der Waals surface area contributed by atoms with Crippen molar-refractivity contribution < 1.29 is 9.66 Å². The molecule has 118 valence electrons. The Morgan fingerprint density at radius 3 is 2.86 bits per heavy atom. The number of pyridine rings is 1. The predicted molar refractivity (Wildman–Crippen MR) is 85.3 cm³/mol. The molecule has 0 N–H and O–H groups in total. The SMILES string of the molecule is COC(C)c1nc(CN(C)c2cc(C)c([N+](=O)[O-])cn2)cs1. The molecule has 0 bridgehead atoms. The van der Waals surface area contributed by atoms with Crippen molar-refractivity contribution in [2.45, 2.75) is 26.5 Å². The van der Waals surface area contributed by atoms with Crippen LogP contribution in [0.5, 0.6) is 0 Å². The molecular formula is C14H18N4O3S. The van der Waals surface area contributed by atoms with E-state index in [0.717, 1.165) is 10.7 Å². The lowest BCUT2D eigenvalue weighted by Gasteiger charge is -2.17. The van der Waals surface area contributed by atoms with Gasteiger partial charge in [0.25, 0.3) is 5.69 Å². The van der Waals surface area contributed by atoms with E-state index in [0.29, 0.717) is 17.9 Å². The van der Waals surface area contributed by atoms with Gasteiger partial charge in [0.05, 0.1) is 17.2 Å². The van der Waals surface area contributed by atoms with Crippen molar-refractivity contribution in [1.29, 1.82) is 0 Å². The topological polar surface area (TPSA) is 81.4 Å². The van der Waals surface area contributed by atoms with Gasteiger partial charge in [-0.1, -0.05) is 0 Å². The van der Waals surface area contributed by atoms with Gasteiger partial charge in [-0.2, -0.15) is 0 Å². The minimum absolute atomic E-state index is 0.0243. The van der Waals surface area contributed by atoms with Gasteiger partial charge < -0.3 is 9.64 Å². The Hall–Kier alpha value is -2.06. The summed E-state index contributed by atoms with van der Waals surface area (Å²) in [6.07, 6.45) is 1.27. The van der Waals surface area contributed by atoms with E-state index < -0.39 is 4.92 Å². The molecular weight excluding hydrogens is 304 g/mol. The Bertz CT molecular complexity index is 674. The summed E-state index contributed by atoms with van der Waals surface area (Å²) in [5, 5.41) is 13.7. The van der Waals surface area contributed by atoms with Gasteiger partial charge in [-0.05, 0) is 19.9 Å². The van der Waals surface area contributed by atoms with Crippen molar-refractivity contribution >= 4 is 22.8 Å². The molecule has 7 nitrogen and oxygen atoms in total. The number of nitro groups is 1. The van der Waals surface area contributed by atoms with Crippen molar-refractivity contribution in [2.24, 2.45) is 0 Å². The van der Waals surface area contributed by atoms with Gasteiger partial charge >= 0.3 is 0 Å². The van der Waals surface area contributed by atoms with E-state index in [2.05, 4.69) is 9.97 Å². The summed E-state index contributed by atoms with van der Waals surface area (Å²) in [4.78, 5) is 21.0. The fourth-order valence-corrected chi connectivity index (χ4v) is 2.78. The highest BCUT2D eigenvalue weighted by Gasteiger charge is 2.15. The first kappa shape index (κ1) is 16.3. The zero-order valence-corrected chi connectivity index (χ0v) is 13.8. The first-order valence-corrected chi connectivity index (χ1v) is 7.59. The molecule has 2 heterocycles. The van der Waals surface area contributed by atoms with E-state index in [-0.39, 0.29) is 11.8 Å². The maximum absolute atomic E-state index is 10.8. The predicted octanol–water partition coefficient (Wildman–Crippen LogP) is 3.10. The second kappa shape index (κ2) is 6.80. The Kier molecular flexibility index (Phi) is 5.04. The molecule has 0 aliphatic heterocycles. The maximum Gasteiger partial charge on any atom is 0.290 e. The largest absolute Gasteiger partial charge is 0.375 e. The van der Waals surface area contributed by atoms with Crippen molar-refractivity contribution in [2.75, 3.05) is 19.1 Å². The van der Waals surface area contributed by atoms with Gasteiger partial charge in [-0.15, -0.1) is 11.3 Å². The molecule has 2 aromatic heterocycles. The second-order valence-corrected chi connectivity index (χ2v) is 5.89. The van der Waals surface area contributed by atoms with Crippen LogP contribution in [0.3, 0.4) is 0 Å². The van der Waals surface area contributed by atoms with Gasteiger partial charge in [-0.25, -0.2) is 9.97 Å². The number of ether oxygens (including phenoxy) is 1. The first-order chi connectivity index (χ1) is 10.4. The number of anilines is 1. The highest BCUT2D eigenvalue weighted by atomic mass is 32.1. The van der Waals surface area contributed by atoms with Crippen molar-refractivity contribution in [1.82, 2.24) is 9.97 Å². The minimum Gasteiger partial charge on any atom is -0.375 e. The van der Waals surface area contributed by atoms with E-state index in [1.807, 2.05) is 24.3 Å². The van der Waals surface area contributed by atoms with Crippen molar-refractivity contribution in [3.8, 4) is 0 Å². The van der Waals surface area contributed by atoms with E-state index in [1.54, 1.807) is 31.4 Å². The number of thiazole rings is 1.